The molecule has 0 atom stereocenters. The maximum absolute atomic E-state index is 11.5. The van der Waals surface area contributed by atoms with Gasteiger partial charge in [0.15, 0.2) is 0 Å². The monoisotopic (exact) mass is 235 g/mol. The van der Waals surface area contributed by atoms with E-state index in [-0.39, 0.29) is 5.69 Å². The van der Waals surface area contributed by atoms with Crippen LogP contribution in [0.15, 0.2) is 23.0 Å². The third-order valence-corrected chi connectivity index (χ3v) is 3.35. The van der Waals surface area contributed by atoms with Gasteiger partial charge in [-0.2, -0.15) is 5.10 Å². The van der Waals surface area contributed by atoms with Crippen molar-refractivity contribution in [3.8, 4) is 0 Å². The molecule has 0 saturated heterocycles. The van der Waals surface area contributed by atoms with E-state index in [4.69, 9.17) is 11.6 Å². The largest absolute Gasteiger partial charge is 0.343 e. The number of hydrogen-bond donors (Lipinski definition) is 1. The lowest BCUT2D eigenvalue weighted by Crippen LogP contribution is -2.18. The molecule has 1 aromatic heterocycles. The van der Waals surface area contributed by atoms with E-state index < -0.39 is 0 Å². The number of nitrogens with one attached hydrogen (secondary N) is 1. The molecule has 1 aliphatic rings. The van der Waals surface area contributed by atoms with Gasteiger partial charge in [-0.3, -0.25) is 4.57 Å². The van der Waals surface area contributed by atoms with E-state index in [0.717, 1.165) is 22.8 Å². The fourth-order valence-corrected chi connectivity index (χ4v) is 2.40. The van der Waals surface area contributed by atoms with E-state index in [2.05, 4.69) is 16.3 Å². The molecule has 82 valence electrons. The van der Waals surface area contributed by atoms with Gasteiger partial charge in [0.2, 0.25) is 0 Å². The Kier molecular flexibility index (Phi) is 2.11. The Morgan fingerprint density at radius 2 is 2.31 bits per heavy atom. The van der Waals surface area contributed by atoms with Crippen LogP contribution in [-0.2, 0) is 19.4 Å². The van der Waals surface area contributed by atoms with Gasteiger partial charge in [0, 0.05) is 18.0 Å². The lowest BCUT2D eigenvalue weighted by molar-refractivity contribution is 0.659. The van der Waals surface area contributed by atoms with Crippen LogP contribution in [-0.4, -0.2) is 14.8 Å². The van der Waals surface area contributed by atoms with Crippen LogP contribution in [0.1, 0.15) is 17.0 Å². The van der Waals surface area contributed by atoms with E-state index in [1.165, 1.54) is 5.56 Å². The van der Waals surface area contributed by atoms with Crippen molar-refractivity contribution in [3.63, 3.8) is 0 Å². The third-order valence-electron chi connectivity index (χ3n) is 2.99. The van der Waals surface area contributed by atoms with Crippen LogP contribution in [0, 0.1) is 0 Å². The summed E-state index contributed by atoms with van der Waals surface area (Å²) in [6.45, 7) is 0.665. The molecule has 3 rings (SSSR count). The summed E-state index contributed by atoms with van der Waals surface area (Å²) in [5.74, 6) is 0.761. The Morgan fingerprint density at radius 3 is 3.19 bits per heavy atom. The fraction of sp³-hybridized carbons (Fsp3) is 0.273. The molecule has 2 aromatic rings. The number of hydrogen-bond acceptors (Lipinski definition) is 2. The quantitative estimate of drug-likeness (QED) is 0.750. The summed E-state index contributed by atoms with van der Waals surface area (Å²) >= 11 is 6.16. The van der Waals surface area contributed by atoms with Crippen molar-refractivity contribution in [2.24, 2.45) is 0 Å². The molecule has 0 spiro atoms. The Morgan fingerprint density at radius 1 is 1.44 bits per heavy atom. The zero-order valence-corrected chi connectivity index (χ0v) is 9.29. The SMILES string of the molecule is O=c1[nH]nc2n1CCc1cccc(Cl)c1C2. The second-order valence-electron chi connectivity index (χ2n) is 3.90. The first-order valence-corrected chi connectivity index (χ1v) is 5.54. The van der Waals surface area contributed by atoms with E-state index in [1.54, 1.807) is 4.57 Å². The van der Waals surface area contributed by atoms with Crippen LogP contribution in [0.4, 0.5) is 0 Å². The molecule has 5 heteroatoms. The van der Waals surface area contributed by atoms with Crippen molar-refractivity contribution in [2.45, 2.75) is 19.4 Å². The van der Waals surface area contributed by atoms with Crippen molar-refractivity contribution in [1.82, 2.24) is 14.8 Å². The minimum Gasteiger partial charge on any atom is -0.278 e. The highest BCUT2D eigenvalue weighted by Crippen LogP contribution is 2.25. The lowest BCUT2D eigenvalue weighted by atomic mass is 10.0. The fourth-order valence-electron chi connectivity index (χ4n) is 2.14. The van der Waals surface area contributed by atoms with Gasteiger partial charge in [-0.25, -0.2) is 9.89 Å². The van der Waals surface area contributed by atoms with E-state index in [0.29, 0.717) is 13.0 Å². The van der Waals surface area contributed by atoms with Gasteiger partial charge in [-0.05, 0) is 23.6 Å². The molecule has 16 heavy (non-hydrogen) atoms. The number of H-pyrrole nitrogens is 1. The first kappa shape index (κ1) is 9.66. The van der Waals surface area contributed by atoms with Crippen molar-refractivity contribution < 1.29 is 0 Å². The van der Waals surface area contributed by atoms with Crippen LogP contribution in [0.2, 0.25) is 5.02 Å². The number of halogens is 1. The van der Waals surface area contributed by atoms with Crippen LogP contribution in [0.3, 0.4) is 0 Å². The Hall–Kier alpha value is -1.55. The second kappa shape index (κ2) is 3.49. The highest BCUT2D eigenvalue weighted by atomic mass is 35.5. The van der Waals surface area contributed by atoms with Gasteiger partial charge in [0.1, 0.15) is 5.82 Å². The minimum atomic E-state index is -0.140. The topological polar surface area (TPSA) is 50.7 Å². The smallest absolute Gasteiger partial charge is 0.278 e. The van der Waals surface area contributed by atoms with Crippen LogP contribution in [0.5, 0.6) is 0 Å². The van der Waals surface area contributed by atoms with Gasteiger partial charge >= 0.3 is 5.69 Å². The molecule has 0 amide bonds. The number of aromatic amines is 1. The van der Waals surface area contributed by atoms with Crippen molar-refractivity contribution in [3.05, 3.63) is 50.7 Å². The molecular formula is C11H10ClN3O. The van der Waals surface area contributed by atoms with Gasteiger partial charge in [0.05, 0.1) is 0 Å². The minimum absolute atomic E-state index is 0.140. The number of fused-ring (bicyclic) bond motifs is 2. The molecule has 1 N–H and O–H groups in total. The summed E-state index contributed by atoms with van der Waals surface area (Å²) in [7, 11) is 0. The van der Waals surface area contributed by atoms with Gasteiger partial charge in [-0.1, -0.05) is 23.7 Å². The first-order valence-electron chi connectivity index (χ1n) is 5.16. The molecule has 0 unspecified atom stereocenters. The summed E-state index contributed by atoms with van der Waals surface area (Å²) in [6, 6.07) is 5.88. The third kappa shape index (κ3) is 1.38. The maximum Gasteiger partial charge on any atom is 0.343 e. The molecule has 1 aliphatic heterocycles. The summed E-state index contributed by atoms with van der Waals surface area (Å²) in [4.78, 5) is 11.5. The number of benzene rings is 1. The molecule has 0 saturated carbocycles. The zero-order chi connectivity index (χ0) is 11.1. The molecule has 1 aromatic carbocycles. The van der Waals surface area contributed by atoms with Gasteiger partial charge < -0.3 is 0 Å². The molecule has 0 aliphatic carbocycles. The number of rotatable bonds is 0. The standard InChI is InChI=1S/C11H10ClN3O/c12-9-3-1-2-7-4-5-15-10(6-8(7)9)13-14-11(15)16/h1-3H,4-6H2,(H,14,16). The highest BCUT2D eigenvalue weighted by molar-refractivity contribution is 6.31. The predicted octanol–water partition coefficient (Wildman–Crippen LogP) is 1.37. The van der Waals surface area contributed by atoms with Crippen LogP contribution < -0.4 is 5.69 Å². The molecule has 4 nitrogen and oxygen atoms in total. The molecule has 0 bridgehead atoms. The summed E-state index contributed by atoms with van der Waals surface area (Å²) < 4.78 is 1.68. The Bertz CT molecular complexity index is 600. The Balaban J connectivity index is 2.17. The van der Waals surface area contributed by atoms with E-state index in [1.807, 2.05) is 12.1 Å². The normalized spacial score (nSPS) is 14.1. The van der Waals surface area contributed by atoms with Crippen molar-refractivity contribution >= 4 is 11.6 Å². The molecule has 0 radical (unpaired) electrons. The summed E-state index contributed by atoms with van der Waals surface area (Å²) in [5, 5.41) is 7.25. The maximum atomic E-state index is 11.5. The molecule has 0 fully saturated rings. The molecule has 2 heterocycles. The van der Waals surface area contributed by atoms with E-state index >= 15 is 0 Å². The number of nitrogens with zero attached hydrogens (tertiary/aromatic N) is 2. The van der Waals surface area contributed by atoms with Gasteiger partial charge in [-0.15, -0.1) is 0 Å². The lowest BCUT2D eigenvalue weighted by Gasteiger charge is -2.05. The summed E-state index contributed by atoms with van der Waals surface area (Å²) in [5.41, 5.74) is 2.15. The number of aromatic nitrogens is 3. The average Bonchev–Trinajstić information content (AvgIpc) is 2.51. The second-order valence-corrected chi connectivity index (χ2v) is 4.31. The van der Waals surface area contributed by atoms with E-state index in [9.17, 15) is 4.79 Å². The summed E-state index contributed by atoms with van der Waals surface area (Å²) in [6.07, 6.45) is 1.44. The van der Waals surface area contributed by atoms with Crippen LogP contribution >= 0.6 is 11.6 Å². The van der Waals surface area contributed by atoms with Crippen molar-refractivity contribution in [2.75, 3.05) is 0 Å². The van der Waals surface area contributed by atoms with Gasteiger partial charge in [0.25, 0.3) is 0 Å². The number of aryl methyl sites for hydroxylation is 1. The highest BCUT2D eigenvalue weighted by Gasteiger charge is 2.17. The average molecular weight is 236 g/mol. The zero-order valence-electron chi connectivity index (χ0n) is 8.53. The predicted molar refractivity (Wildman–Crippen MR) is 60.8 cm³/mol. The Labute approximate surface area is 96.9 Å². The first-order chi connectivity index (χ1) is 7.75. The van der Waals surface area contributed by atoms with Crippen molar-refractivity contribution in [1.29, 1.82) is 0 Å². The van der Waals surface area contributed by atoms with Crippen LogP contribution in [0.25, 0.3) is 0 Å². The molecular weight excluding hydrogens is 226 g/mol.